The van der Waals surface area contributed by atoms with E-state index in [9.17, 15) is 9.90 Å². The predicted octanol–water partition coefficient (Wildman–Crippen LogP) is 3.55. The average Bonchev–Trinajstić information content (AvgIpc) is 2.60. The molecule has 7 heteroatoms. The van der Waals surface area contributed by atoms with Crippen LogP contribution in [0.1, 0.15) is 45.2 Å². The summed E-state index contributed by atoms with van der Waals surface area (Å²) in [6.07, 6.45) is 1.45. The molecule has 0 radical (unpaired) electrons. The van der Waals surface area contributed by atoms with Crippen LogP contribution in [0.4, 0.5) is 10.7 Å². The van der Waals surface area contributed by atoms with Crippen molar-refractivity contribution in [3.63, 3.8) is 0 Å². The number of hydrogen-bond donors (Lipinski definition) is 2. The third-order valence-electron chi connectivity index (χ3n) is 4.43. The molecule has 1 amide bonds. The van der Waals surface area contributed by atoms with E-state index in [0.717, 1.165) is 18.5 Å². The van der Waals surface area contributed by atoms with E-state index in [4.69, 9.17) is 10.5 Å². The van der Waals surface area contributed by atoms with Crippen LogP contribution in [-0.2, 0) is 4.74 Å². The third kappa shape index (κ3) is 4.67. The molecular weight excluding hydrogens is 344 g/mol. The maximum Gasteiger partial charge on any atom is 0.410 e. The maximum atomic E-state index is 12.4. The minimum atomic E-state index is -0.526. The van der Waals surface area contributed by atoms with Gasteiger partial charge in [-0.3, -0.25) is 0 Å². The predicted molar refractivity (Wildman–Crippen MR) is 103 cm³/mol. The molecule has 1 aromatic heterocycles. The summed E-state index contributed by atoms with van der Waals surface area (Å²) < 4.78 is 5.49. The SMILES string of the molecule is CC(C)(C)OC(=O)N1CCCC(c2cc(-c3ccccc3O)nc(N)n2)C1. The van der Waals surface area contributed by atoms with Crippen molar-refractivity contribution in [2.75, 3.05) is 18.8 Å². The van der Waals surface area contributed by atoms with Gasteiger partial charge in [0.05, 0.1) is 11.4 Å². The van der Waals surface area contributed by atoms with Crippen molar-refractivity contribution in [2.24, 2.45) is 0 Å². The maximum absolute atomic E-state index is 12.4. The molecule has 144 valence electrons. The zero-order valence-corrected chi connectivity index (χ0v) is 16.0. The van der Waals surface area contributed by atoms with E-state index in [1.165, 1.54) is 0 Å². The largest absolute Gasteiger partial charge is 0.507 e. The van der Waals surface area contributed by atoms with Crippen LogP contribution in [0.25, 0.3) is 11.3 Å². The second-order valence-electron chi connectivity index (χ2n) is 7.82. The van der Waals surface area contributed by atoms with Crippen molar-refractivity contribution in [3.8, 4) is 17.0 Å². The summed E-state index contributed by atoms with van der Waals surface area (Å²) in [7, 11) is 0. The number of likely N-dealkylation sites (tertiary alicyclic amines) is 1. The van der Waals surface area contributed by atoms with Crippen LogP contribution in [0.3, 0.4) is 0 Å². The number of nitrogens with zero attached hydrogens (tertiary/aromatic N) is 3. The third-order valence-corrected chi connectivity index (χ3v) is 4.43. The fourth-order valence-electron chi connectivity index (χ4n) is 3.23. The average molecular weight is 370 g/mol. The number of carbonyl (C=O) groups is 1. The van der Waals surface area contributed by atoms with Gasteiger partial charge in [0.15, 0.2) is 0 Å². The number of carbonyl (C=O) groups excluding carboxylic acids is 1. The van der Waals surface area contributed by atoms with Crippen LogP contribution >= 0.6 is 0 Å². The normalized spacial score (nSPS) is 17.6. The first-order valence-electron chi connectivity index (χ1n) is 9.14. The number of hydrogen-bond acceptors (Lipinski definition) is 6. The molecule has 1 saturated heterocycles. The van der Waals surface area contributed by atoms with Gasteiger partial charge in [-0.15, -0.1) is 0 Å². The van der Waals surface area contributed by atoms with Crippen molar-refractivity contribution in [1.82, 2.24) is 14.9 Å². The van der Waals surface area contributed by atoms with E-state index in [2.05, 4.69) is 9.97 Å². The van der Waals surface area contributed by atoms with E-state index in [1.807, 2.05) is 32.9 Å². The summed E-state index contributed by atoms with van der Waals surface area (Å²) in [6, 6.07) is 8.82. The van der Waals surface area contributed by atoms with Crippen LogP contribution < -0.4 is 5.73 Å². The molecule has 0 aliphatic carbocycles. The van der Waals surface area contributed by atoms with Crippen molar-refractivity contribution >= 4 is 12.0 Å². The summed E-state index contributed by atoms with van der Waals surface area (Å²) in [6.45, 7) is 6.76. The number of anilines is 1. The highest BCUT2D eigenvalue weighted by atomic mass is 16.6. The van der Waals surface area contributed by atoms with E-state index in [-0.39, 0.29) is 23.7 Å². The quantitative estimate of drug-likeness (QED) is 0.838. The summed E-state index contributed by atoms with van der Waals surface area (Å²) >= 11 is 0. The molecule has 27 heavy (non-hydrogen) atoms. The molecule has 0 bridgehead atoms. The molecule has 1 aromatic carbocycles. The number of amides is 1. The summed E-state index contributed by atoms with van der Waals surface area (Å²) in [5.74, 6) is 0.335. The minimum absolute atomic E-state index is 0.0428. The Hall–Kier alpha value is -2.83. The Morgan fingerprint density at radius 3 is 2.74 bits per heavy atom. The lowest BCUT2D eigenvalue weighted by molar-refractivity contribution is 0.0197. The van der Waals surface area contributed by atoms with Gasteiger partial charge in [0.1, 0.15) is 11.4 Å². The standard InChI is InChI=1S/C20H26N4O3/c1-20(2,3)27-19(26)24-10-6-7-13(12-24)15-11-16(23-18(21)22-15)14-8-4-5-9-17(14)25/h4-5,8-9,11,13,25H,6-7,10,12H2,1-3H3,(H2,21,22,23). The highest BCUT2D eigenvalue weighted by molar-refractivity contribution is 5.69. The highest BCUT2D eigenvalue weighted by Crippen LogP contribution is 2.32. The topological polar surface area (TPSA) is 102 Å². The Kier molecular flexibility index (Phi) is 5.21. The fraction of sp³-hybridized carbons (Fsp3) is 0.450. The van der Waals surface area contributed by atoms with Crippen LogP contribution in [-0.4, -0.2) is 44.8 Å². The van der Waals surface area contributed by atoms with Crippen molar-refractivity contribution in [1.29, 1.82) is 0 Å². The molecule has 7 nitrogen and oxygen atoms in total. The molecule has 3 rings (SSSR count). The van der Waals surface area contributed by atoms with Crippen molar-refractivity contribution in [2.45, 2.75) is 45.1 Å². The fourth-order valence-corrected chi connectivity index (χ4v) is 3.23. The first kappa shape index (κ1) is 18.9. The Bertz CT molecular complexity index is 832. The smallest absolute Gasteiger partial charge is 0.410 e. The number of phenolic OH excluding ortho intramolecular Hbond substituents is 1. The number of phenols is 1. The molecule has 1 aliphatic heterocycles. The van der Waals surface area contributed by atoms with Gasteiger partial charge in [-0.2, -0.15) is 0 Å². The molecule has 1 fully saturated rings. The monoisotopic (exact) mass is 370 g/mol. The number of rotatable bonds is 2. The number of nitrogens with two attached hydrogens (primary N) is 1. The Labute approximate surface area is 159 Å². The molecule has 1 unspecified atom stereocenters. The number of benzene rings is 1. The second-order valence-corrected chi connectivity index (χ2v) is 7.82. The number of piperidine rings is 1. The van der Waals surface area contributed by atoms with Crippen molar-refractivity contribution in [3.05, 3.63) is 36.0 Å². The molecule has 3 N–H and O–H groups in total. The Balaban J connectivity index is 1.84. The van der Waals surface area contributed by atoms with Gasteiger partial charge >= 0.3 is 6.09 Å². The molecular formula is C20H26N4O3. The van der Waals surface area contributed by atoms with Crippen LogP contribution in [0.2, 0.25) is 0 Å². The number of nitrogen functional groups attached to an aromatic ring is 1. The van der Waals surface area contributed by atoms with E-state index >= 15 is 0 Å². The van der Waals surface area contributed by atoms with Gasteiger partial charge in [-0.25, -0.2) is 14.8 Å². The molecule has 2 heterocycles. The second kappa shape index (κ2) is 7.42. The van der Waals surface area contributed by atoms with Gasteiger partial charge in [-0.05, 0) is 51.8 Å². The minimum Gasteiger partial charge on any atom is -0.507 e. The lowest BCUT2D eigenvalue weighted by Gasteiger charge is -2.34. The number of aromatic nitrogens is 2. The zero-order valence-electron chi connectivity index (χ0n) is 16.0. The lowest BCUT2D eigenvalue weighted by Crippen LogP contribution is -2.42. The number of aromatic hydroxyl groups is 1. The highest BCUT2D eigenvalue weighted by Gasteiger charge is 2.29. The van der Waals surface area contributed by atoms with Gasteiger partial charge < -0.3 is 20.5 Å². The van der Waals surface area contributed by atoms with Gasteiger partial charge in [0, 0.05) is 24.6 Å². The number of ether oxygens (including phenoxy) is 1. The van der Waals surface area contributed by atoms with Crippen LogP contribution in [0, 0.1) is 0 Å². The molecule has 1 aliphatic rings. The summed E-state index contributed by atoms with van der Waals surface area (Å²) in [4.78, 5) is 22.8. The van der Waals surface area contributed by atoms with E-state index < -0.39 is 5.60 Å². The summed E-state index contributed by atoms with van der Waals surface area (Å²) in [5, 5.41) is 10.1. The molecule has 0 saturated carbocycles. The van der Waals surface area contributed by atoms with Crippen LogP contribution in [0.15, 0.2) is 30.3 Å². The molecule has 0 spiro atoms. The first-order valence-corrected chi connectivity index (χ1v) is 9.14. The van der Waals surface area contributed by atoms with Crippen molar-refractivity contribution < 1.29 is 14.6 Å². The molecule has 2 aromatic rings. The van der Waals surface area contributed by atoms with E-state index in [1.54, 1.807) is 23.1 Å². The lowest BCUT2D eigenvalue weighted by atomic mass is 9.93. The Morgan fingerprint density at radius 2 is 2.04 bits per heavy atom. The Morgan fingerprint density at radius 1 is 1.30 bits per heavy atom. The van der Waals surface area contributed by atoms with Gasteiger partial charge in [0.2, 0.25) is 5.95 Å². The van der Waals surface area contributed by atoms with Crippen LogP contribution in [0.5, 0.6) is 5.75 Å². The zero-order chi connectivity index (χ0) is 19.6. The van der Waals surface area contributed by atoms with Gasteiger partial charge in [-0.1, -0.05) is 12.1 Å². The van der Waals surface area contributed by atoms with E-state index in [0.29, 0.717) is 24.3 Å². The number of para-hydroxylation sites is 1. The molecule has 1 atom stereocenters. The van der Waals surface area contributed by atoms with Gasteiger partial charge in [0.25, 0.3) is 0 Å². The first-order chi connectivity index (χ1) is 12.7. The summed E-state index contributed by atoms with van der Waals surface area (Å²) in [5.41, 5.74) is 7.35.